The topological polar surface area (TPSA) is 97.7 Å². The zero-order chi connectivity index (χ0) is 19.6. The zero-order valence-corrected chi connectivity index (χ0v) is 16.1. The number of methoxy groups -OCH3 is 1. The summed E-state index contributed by atoms with van der Waals surface area (Å²) in [5, 5.41) is 0. The van der Waals surface area contributed by atoms with Crippen LogP contribution in [0, 0.1) is 0 Å². The molecule has 0 spiro atoms. The van der Waals surface area contributed by atoms with Gasteiger partial charge in [-0.05, 0) is 44.3 Å². The standard InChI is InChI=1S/C20H27N5O2/c1-24(2)16-6-7-25(12-16)11-15-8-13(4-5-18(15)27-3)14-9-17(20(22)26)19(21)23-10-14/h4-5,8-10,16H,6-7,11-12H2,1-3H3,(H2,21,23)(H2,22,26). The van der Waals surface area contributed by atoms with Gasteiger partial charge in [-0.15, -0.1) is 0 Å². The number of anilines is 1. The van der Waals surface area contributed by atoms with Crippen molar-refractivity contribution in [2.24, 2.45) is 5.73 Å². The fourth-order valence-electron chi connectivity index (χ4n) is 3.53. The number of nitrogens with zero attached hydrogens (tertiary/aromatic N) is 3. The lowest BCUT2D eigenvalue weighted by Crippen LogP contribution is -2.31. The molecule has 1 fully saturated rings. The van der Waals surface area contributed by atoms with Crippen molar-refractivity contribution in [2.75, 3.05) is 40.0 Å². The molecular weight excluding hydrogens is 342 g/mol. The maximum absolute atomic E-state index is 11.6. The van der Waals surface area contributed by atoms with Crippen LogP contribution in [0.5, 0.6) is 5.75 Å². The van der Waals surface area contributed by atoms with E-state index in [1.54, 1.807) is 19.4 Å². The number of aromatic nitrogens is 1. The highest BCUT2D eigenvalue weighted by atomic mass is 16.5. The molecule has 7 nitrogen and oxygen atoms in total. The molecule has 0 aliphatic carbocycles. The monoisotopic (exact) mass is 369 g/mol. The summed E-state index contributed by atoms with van der Waals surface area (Å²) in [6, 6.07) is 8.25. The number of pyridine rings is 1. The van der Waals surface area contributed by atoms with Crippen LogP contribution in [0.4, 0.5) is 5.82 Å². The number of hydrogen-bond donors (Lipinski definition) is 2. The number of likely N-dealkylation sites (N-methyl/N-ethyl adjacent to an activating group) is 1. The van der Waals surface area contributed by atoms with E-state index in [1.807, 2.05) is 12.1 Å². The maximum atomic E-state index is 11.6. The van der Waals surface area contributed by atoms with Crippen LogP contribution in [0.25, 0.3) is 11.1 Å². The minimum absolute atomic E-state index is 0.145. The van der Waals surface area contributed by atoms with Gasteiger partial charge in [-0.25, -0.2) is 4.98 Å². The maximum Gasteiger partial charge on any atom is 0.252 e. The van der Waals surface area contributed by atoms with Gasteiger partial charge in [0, 0.05) is 43.0 Å². The molecule has 1 aliphatic rings. The van der Waals surface area contributed by atoms with Crippen LogP contribution in [0.15, 0.2) is 30.5 Å². The van der Waals surface area contributed by atoms with Gasteiger partial charge in [-0.1, -0.05) is 6.07 Å². The van der Waals surface area contributed by atoms with Crippen molar-refractivity contribution in [3.05, 3.63) is 41.6 Å². The number of rotatable bonds is 6. The van der Waals surface area contributed by atoms with Crippen LogP contribution in [-0.2, 0) is 6.54 Å². The Bertz CT molecular complexity index is 837. The van der Waals surface area contributed by atoms with E-state index in [0.29, 0.717) is 6.04 Å². The molecule has 0 radical (unpaired) electrons. The van der Waals surface area contributed by atoms with E-state index in [9.17, 15) is 4.79 Å². The number of ether oxygens (including phenoxy) is 1. The van der Waals surface area contributed by atoms with Crippen LogP contribution >= 0.6 is 0 Å². The molecule has 7 heteroatoms. The lowest BCUT2D eigenvalue weighted by molar-refractivity contribution is 0.100. The average Bonchev–Trinajstić information content (AvgIpc) is 3.11. The Balaban J connectivity index is 1.88. The molecule has 2 heterocycles. The number of primary amides is 1. The van der Waals surface area contributed by atoms with Crippen molar-refractivity contribution in [1.82, 2.24) is 14.8 Å². The van der Waals surface area contributed by atoms with Crippen LogP contribution < -0.4 is 16.2 Å². The summed E-state index contributed by atoms with van der Waals surface area (Å²) in [7, 11) is 5.93. The minimum atomic E-state index is -0.581. The SMILES string of the molecule is COc1ccc(-c2cnc(N)c(C(N)=O)c2)cc1CN1CCC(N(C)C)C1. The highest BCUT2D eigenvalue weighted by molar-refractivity contribution is 5.98. The molecule has 1 unspecified atom stereocenters. The smallest absolute Gasteiger partial charge is 0.252 e. The third-order valence-corrected chi connectivity index (χ3v) is 5.17. The van der Waals surface area contributed by atoms with Gasteiger partial charge < -0.3 is 21.1 Å². The Kier molecular flexibility index (Phi) is 5.62. The van der Waals surface area contributed by atoms with E-state index >= 15 is 0 Å². The number of carbonyl (C=O) groups is 1. The van der Waals surface area contributed by atoms with Gasteiger partial charge in [0.2, 0.25) is 0 Å². The van der Waals surface area contributed by atoms with E-state index in [1.165, 1.54) is 6.42 Å². The molecule has 1 aliphatic heterocycles. The third kappa shape index (κ3) is 4.20. The van der Waals surface area contributed by atoms with E-state index in [0.717, 1.165) is 42.1 Å². The number of nitrogens with two attached hydrogens (primary N) is 2. The van der Waals surface area contributed by atoms with E-state index < -0.39 is 5.91 Å². The molecule has 144 valence electrons. The van der Waals surface area contributed by atoms with Crippen molar-refractivity contribution in [1.29, 1.82) is 0 Å². The summed E-state index contributed by atoms with van der Waals surface area (Å²) >= 11 is 0. The lowest BCUT2D eigenvalue weighted by atomic mass is 10.0. The van der Waals surface area contributed by atoms with Crippen LogP contribution in [0.1, 0.15) is 22.3 Å². The number of benzene rings is 1. The Morgan fingerprint density at radius 2 is 2.11 bits per heavy atom. The fourth-order valence-corrected chi connectivity index (χ4v) is 3.53. The molecule has 1 amide bonds. The van der Waals surface area contributed by atoms with Gasteiger partial charge in [-0.3, -0.25) is 9.69 Å². The van der Waals surface area contributed by atoms with Crippen molar-refractivity contribution >= 4 is 11.7 Å². The Hall–Kier alpha value is -2.64. The van der Waals surface area contributed by atoms with Crippen LogP contribution in [-0.4, -0.2) is 61.0 Å². The minimum Gasteiger partial charge on any atom is -0.496 e. The second-order valence-corrected chi connectivity index (χ2v) is 7.19. The first-order valence-electron chi connectivity index (χ1n) is 9.00. The van der Waals surface area contributed by atoms with Crippen LogP contribution in [0.2, 0.25) is 0 Å². The van der Waals surface area contributed by atoms with Crippen molar-refractivity contribution < 1.29 is 9.53 Å². The normalized spacial score (nSPS) is 17.4. The van der Waals surface area contributed by atoms with Crippen LogP contribution in [0.3, 0.4) is 0 Å². The number of amides is 1. The molecule has 1 aromatic carbocycles. The summed E-state index contributed by atoms with van der Waals surface area (Å²) in [6.45, 7) is 2.91. The first kappa shape index (κ1) is 19.1. The van der Waals surface area contributed by atoms with Crippen molar-refractivity contribution in [3.8, 4) is 16.9 Å². The second-order valence-electron chi connectivity index (χ2n) is 7.19. The summed E-state index contributed by atoms with van der Waals surface area (Å²) in [5.41, 5.74) is 14.2. The number of carbonyl (C=O) groups excluding carboxylic acids is 1. The van der Waals surface area contributed by atoms with Crippen molar-refractivity contribution in [2.45, 2.75) is 19.0 Å². The largest absolute Gasteiger partial charge is 0.496 e. The second kappa shape index (κ2) is 7.94. The Morgan fingerprint density at radius 3 is 2.74 bits per heavy atom. The number of likely N-dealkylation sites (tertiary alicyclic amines) is 1. The summed E-state index contributed by atoms with van der Waals surface area (Å²) in [4.78, 5) is 20.4. The number of nitrogen functional groups attached to an aromatic ring is 1. The predicted molar refractivity (Wildman–Crippen MR) is 107 cm³/mol. The Labute approximate surface area is 159 Å². The molecule has 1 saturated heterocycles. The van der Waals surface area contributed by atoms with Gasteiger partial charge in [0.15, 0.2) is 0 Å². The van der Waals surface area contributed by atoms with Crippen molar-refractivity contribution in [3.63, 3.8) is 0 Å². The van der Waals surface area contributed by atoms with Gasteiger partial charge >= 0.3 is 0 Å². The predicted octanol–water partition coefficient (Wildman–Crippen LogP) is 1.57. The lowest BCUT2D eigenvalue weighted by Gasteiger charge is -2.21. The molecular formula is C20H27N5O2. The molecule has 27 heavy (non-hydrogen) atoms. The molecule has 3 rings (SSSR count). The summed E-state index contributed by atoms with van der Waals surface area (Å²) in [5.74, 6) is 0.416. The van der Waals surface area contributed by atoms with Gasteiger partial charge in [0.25, 0.3) is 5.91 Å². The van der Waals surface area contributed by atoms with Gasteiger partial charge in [-0.2, -0.15) is 0 Å². The first-order valence-corrected chi connectivity index (χ1v) is 9.00. The quantitative estimate of drug-likeness (QED) is 0.802. The zero-order valence-electron chi connectivity index (χ0n) is 16.1. The molecule has 2 aromatic rings. The fraction of sp³-hybridized carbons (Fsp3) is 0.400. The molecule has 0 bridgehead atoms. The van der Waals surface area contributed by atoms with Gasteiger partial charge in [0.1, 0.15) is 11.6 Å². The van der Waals surface area contributed by atoms with E-state index in [4.69, 9.17) is 16.2 Å². The van der Waals surface area contributed by atoms with E-state index in [-0.39, 0.29) is 11.4 Å². The highest BCUT2D eigenvalue weighted by Crippen LogP contribution is 2.29. The van der Waals surface area contributed by atoms with Gasteiger partial charge in [0.05, 0.1) is 12.7 Å². The number of hydrogen-bond acceptors (Lipinski definition) is 6. The van der Waals surface area contributed by atoms with E-state index in [2.05, 4.69) is 34.9 Å². The highest BCUT2D eigenvalue weighted by Gasteiger charge is 2.24. The summed E-state index contributed by atoms with van der Waals surface area (Å²) < 4.78 is 5.56. The molecule has 1 atom stereocenters. The average molecular weight is 369 g/mol. The summed E-state index contributed by atoms with van der Waals surface area (Å²) in [6.07, 6.45) is 2.82. The third-order valence-electron chi connectivity index (χ3n) is 5.17. The first-order chi connectivity index (χ1) is 12.9. The molecule has 0 saturated carbocycles. The molecule has 1 aromatic heterocycles. The molecule has 4 N–H and O–H groups in total. The Morgan fingerprint density at radius 1 is 1.33 bits per heavy atom.